The molecule has 0 saturated carbocycles. The second kappa shape index (κ2) is 11.1. The van der Waals surface area contributed by atoms with Gasteiger partial charge in [0.2, 0.25) is 5.91 Å². The highest BCUT2D eigenvalue weighted by molar-refractivity contribution is 5.93. The molecule has 1 aliphatic rings. The summed E-state index contributed by atoms with van der Waals surface area (Å²) in [6.45, 7) is 2.40. The Bertz CT molecular complexity index is 1690. The van der Waals surface area contributed by atoms with Crippen LogP contribution in [0.3, 0.4) is 0 Å². The molecule has 3 aromatic heterocycles. The normalized spacial score (nSPS) is 14.1. The van der Waals surface area contributed by atoms with Gasteiger partial charge in [-0.1, -0.05) is 24.3 Å². The van der Waals surface area contributed by atoms with Crippen LogP contribution in [0.4, 0.5) is 0 Å². The fraction of sp³-hybridized carbons (Fsp3) is 0.258. The number of carbonyl (C=O) groups is 1. The molecule has 2 N–H and O–H groups in total. The molecule has 0 spiro atoms. The lowest BCUT2D eigenvalue weighted by Gasteiger charge is -2.22. The Hall–Kier alpha value is -4.43. The van der Waals surface area contributed by atoms with E-state index in [4.69, 9.17) is 0 Å². The Morgan fingerprint density at radius 3 is 2.69 bits per heavy atom. The van der Waals surface area contributed by atoms with E-state index in [2.05, 4.69) is 31.9 Å². The summed E-state index contributed by atoms with van der Waals surface area (Å²) in [6.07, 6.45) is 10.4. The molecule has 1 aliphatic heterocycles. The number of fused-ring (bicyclic) bond motifs is 2. The largest absolute Gasteiger partial charge is 0.350 e. The van der Waals surface area contributed by atoms with Gasteiger partial charge >= 0.3 is 0 Å². The van der Waals surface area contributed by atoms with Crippen LogP contribution in [0, 0.1) is 0 Å². The molecule has 0 aliphatic carbocycles. The van der Waals surface area contributed by atoms with Gasteiger partial charge in [0.25, 0.3) is 0 Å². The SMILES string of the molecule is O=C(CCc1ccc2ccc3ncc(-c4cnn(C5CCNCC5)c4)cc3c(=O)c2c1)NCc1ccccn1. The van der Waals surface area contributed by atoms with E-state index >= 15 is 0 Å². The van der Waals surface area contributed by atoms with Gasteiger partial charge in [-0.15, -0.1) is 0 Å². The summed E-state index contributed by atoms with van der Waals surface area (Å²) in [5.74, 6) is -0.0500. The molecular weight excluding hydrogens is 488 g/mol. The molecule has 1 fully saturated rings. The number of hydrogen-bond donors (Lipinski definition) is 2. The summed E-state index contributed by atoms with van der Waals surface area (Å²) in [4.78, 5) is 35.0. The van der Waals surface area contributed by atoms with Gasteiger partial charge in [0.05, 0.1) is 30.0 Å². The van der Waals surface area contributed by atoms with Crippen molar-refractivity contribution in [2.24, 2.45) is 0 Å². The Morgan fingerprint density at radius 1 is 0.974 bits per heavy atom. The van der Waals surface area contributed by atoms with Crippen LogP contribution in [0.25, 0.3) is 32.8 Å². The maximum Gasteiger partial charge on any atom is 0.220 e. The zero-order valence-corrected chi connectivity index (χ0v) is 21.6. The summed E-state index contributed by atoms with van der Waals surface area (Å²) in [5, 5.41) is 12.9. The number of carbonyl (C=O) groups excluding carboxylic acids is 1. The van der Waals surface area contributed by atoms with E-state index in [1.807, 2.05) is 71.7 Å². The maximum absolute atomic E-state index is 13.7. The average molecular weight is 519 g/mol. The summed E-state index contributed by atoms with van der Waals surface area (Å²) < 4.78 is 2.04. The van der Waals surface area contributed by atoms with Crippen molar-refractivity contribution >= 4 is 27.6 Å². The molecule has 2 aromatic carbocycles. The van der Waals surface area contributed by atoms with Crippen molar-refractivity contribution in [1.82, 2.24) is 30.4 Å². The second-order valence-corrected chi connectivity index (χ2v) is 10.0. The second-order valence-electron chi connectivity index (χ2n) is 10.0. The van der Waals surface area contributed by atoms with Gasteiger partial charge in [0, 0.05) is 46.9 Å². The van der Waals surface area contributed by atoms with Crippen molar-refractivity contribution in [3.63, 3.8) is 0 Å². The van der Waals surface area contributed by atoms with Crippen LogP contribution in [0.2, 0.25) is 0 Å². The van der Waals surface area contributed by atoms with E-state index < -0.39 is 0 Å². The van der Waals surface area contributed by atoms with Crippen LogP contribution in [0.5, 0.6) is 0 Å². The standard InChI is InChI=1S/C31H30N6O2/c38-30(35-19-25-3-1-2-12-33-25)9-5-21-4-6-22-7-8-29-28(31(39)27(22)15-21)16-23(17-34-29)24-18-36-37(20-24)26-10-13-32-14-11-26/h1-4,6-8,12,15-18,20,26,32H,5,9-11,13-14,19H2,(H,35,38). The van der Waals surface area contributed by atoms with Gasteiger partial charge in [-0.3, -0.25) is 24.2 Å². The van der Waals surface area contributed by atoms with Crippen molar-refractivity contribution in [2.75, 3.05) is 13.1 Å². The average Bonchev–Trinajstić information content (AvgIpc) is 3.44. The van der Waals surface area contributed by atoms with Crippen LogP contribution in [0.1, 0.15) is 36.6 Å². The lowest BCUT2D eigenvalue weighted by atomic mass is 10.0. The van der Waals surface area contributed by atoms with E-state index in [0.717, 1.165) is 53.7 Å². The summed E-state index contributed by atoms with van der Waals surface area (Å²) in [6, 6.07) is 17.6. The Balaban J connectivity index is 1.24. The quantitative estimate of drug-likeness (QED) is 0.335. The molecule has 1 saturated heterocycles. The summed E-state index contributed by atoms with van der Waals surface area (Å²) >= 11 is 0. The van der Waals surface area contributed by atoms with E-state index in [1.165, 1.54) is 0 Å². The first-order valence-corrected chi connectivity index (χ1v) is 13.4. The highest BCUT2D eigenvalue weighted by atomic mass is 16.1. The highest BCUT2D eigenvalue weighted by Gasteiger charge is 2.16. The van der Waals surface area contributed by atoms with Gasteiger partial charge in [-0.2, -0.15) is 5.10 Å². The molecular formula is C31H30N6O2. The number of piperidine rings is 1. The van der Waals surface area contributed by atoms with Crippen molar-refractivity contribution < 1.29 is 4.79 Å². The van der Waals surface area contributed by atoms with Gasteiger partial charge in [-0.25, -0.2) is 0 Å². The van der Waals surface area contributed by atoms with E-state index in [9.17, 15) is 9.59 Å². The van der Waals surface area contributed by atoms with Crippen LogP contribution < -0.4 is 16.1 Å². The van der Waals surface area contributed by atoms with Crippen molar-refractivity contribution in [3.05, 3.63) is 101 Å². The van der Waals surface area contributed by atoms with Gasteiger partial charge < -0.3 is 10.6 Å². The molecule has 5 aromatic rings. The number of hydrogen-bond acceptors (Lipinski definition) is 6. The van der Waals surface area contributed by atoms with E-state index in [1.54, 1.807) is 6.20 Å². The van der Waals surface area contributed by atoms with Gasteiger partial charge in [0.15, 0.2) is 5.43 Å². The molecule has 4 heterocycles. The smallest absolute Gasteiger partial charge is 0.220 e. The molecule has 0 atom stereocenters. The number of nitrogens with one attached hydrogen (secondary N) is 2. The predicted molar refractivity (Wildman–Crippen MR) is 152 cm³/mol. The monoisotopic (exact) mass is 518 g/mol. The topological polar surface area (TPSA) is 102 Å². The fourth-order valence-electron chi connectivity index (χ4n) is 5.16. The lowest BCUT2D eigenvalue weighted by Crippen LogP contribution is -2.29. The zero-order chi connectivity index (χ0) is 26.6. The molecule has 0 radical (unpaired) electrons. The minimum atomic E-state index is -0.0634. The number of pyridine rings is 2. The minimum absolute atomic E-state index is 0.0500. The molecule has 0 unspecified atom stereocenters. The number of rotatable bonds is 7. The third kappa shape index (κ3) is 5.56. The molecule has 8 heteroatoms. The Kier molecular flexibility index (Phi) is 7.10. The van der Waals surface area contributed by atoms with Crippen molar-refractivity contribution in [2.45, 2.75) is 38.3 Å². The Morgan fingerprint density at radius 2 is 1.85 bits per heavy atom. The van der Waals surface area contributed by atoms with Gasteiger partial charge in [-0.05, 0) is 73.6 Å². The molecule has 0 bridgehead atoms. The predicted octanol–water partition coefficient (Wildman–Crippen LogP) is 4.18. The first-order chi connectivity index (χ1) is 19.1. The minimum Gasteiger partial charge on any atom is -0.350 e. The molecule has 196 valence electrons. The van der Waals surface area contributed by atoms with Crippen LogP contribution in [-0.2, 0) is 17.8 Å². The van der Waals surface area contributed by atoms with Crippen LogP contribution in [0.15, 0.2) is 84.2 Å². The van der Waals surface area contributed by atoms with E-state index in [-0.39, 0.29) is 11.3 Å². The number of benzene rings is 1. The first kappa shape index (κ1) is 24.9. The van der Waals surface area contributed by atoms with E-state index in [0.29, 0.717) is 41.7 Å². The number of aromatic nitrogens is 4. The molecule has 6 rings (SSSR count). The maximum atomic E-state index is 13.7. The number of aryl methyl sites for hydroxylation is 1. The number of nitrogens with zero attached hydrogens (tertiary/aromatic N) is 4. The molecule has 1 amide bonds. The third-order valence-electron chi connectivity index (χ3n) is 7.40. The third-order valence-corrected chi connectivity index (χ3v) is 7.40. The summed E-state index contributed by atoms with van der Waals surface area (Å²) in [5.41, 5.74) is 4.18. The number of amides is 1. The zero-order valence-electron chi connectivity index (χ0n) is 21.6. The van der Waals surface area contributed by atoms with Gasteiger partial charge in [0.1, 0.15) is 0 Å². The molecule has 39 heavy (non-hydrogen) atoms. The highest BCUT2D eigenvalue weighted by Crippen LogP contribution is 2.25. The van der Waals surface area contributed by atoms with Crippen molar-refractivity contribution in [3.8, 4) is 11.1 Å². The van der Waals surface area contributed by atoms with Crippen LogP contribution in [-0.4, -0.2) is 38.7 Å². The lowest BCUT2D eigenvalue weighted by molar-refractivity contribution is -0.121. The van der Waals surface area contributed by atoms with Crippen molar-refractivity contribution in [1.29, 1.82) is 0 Å². The summed E-state index contributed by atoms with van der Waals surface area (Å²) in [7, 11) is 0. The first-order valence-electron chi connectivity index (χ1n) is 13.4. The Labute approximate surface area is 226 Å². The van der Waals surface area contributed by atoms with Crippen LogP contribution >= 0.6 is 0 Å². The fourth-order valence-corrected chi connectivity index (χ4v) is 5.16. The molecule has 8 nitrogen and oxygen atoms in total.